The van der Waals surface area contributed by atoms with Gasteiger partial charge in [0, 0.05) is 5.39 Å². The van der Waals surface area contributed by atoms with Gasteiger partial charge < -0.3 is 0 Å². The number of halogens is 2. The maximum absolute atomic E-state index is 14.0. The minimum absolute atomic E-state index is 0.00690. The molecule has 0 amide bonds. The van der Waals surface area contributed by atoms with Gasteiger partial charge in [-0.15, -0.1) is 0 Å². The van der Waals surface area contributed by atoms with Crippen molar-refractivity contribution in [2.75, 3.05) is 0 Å². The lowest BCUT2D eigenvalue weighted by Gasteiger charge is -2.12. The second-order valence-corrected chi connectivity index (χ2v) is 5.44. The van der Waals surface area contributed by atoms with E-state index in [-0.39, 0.29) is 16.9 Å². The van der Waals surface area contributed by atoms with E-state index in [0.717, 1.165) is 22.7 Å². The van der Waals surface area contributed by atoms with Crippen molar-refractivity contribution in [3.8, 4) is 11.4 Å². The predicted octanol–water partition coefficient (Wildman–Crippen LogP) is 4.61. The fraction of sp³-hybridized carbons (Fsp3) is 0.188. The molecule has 0 radical (unpaired) electrons. The molecule has 21 heavy (non-hydrogen) atoms. The first kappa shape index (κ1) is 13.9. The van der Waals surface area contributed by atoms with Gasteiger partial charge in [-0.1, -0.05) is 32.0 Å². The van der Waals surface area contributed by atoms with Gasteiger partial charge in [0.15, 0.2) is 5.82 Å². The SMILES string of the molecule is CC(C)c1cc(-c2nc(Cl)ncc2F)nc2ccccc12. The molecular formula is C16H13ClFN3. The first-order valence-electron chi connectivity index (χ1n) is 6.64. The number of nitrogens with zero attached hydrogens (tertiary/aromatic N) is 3. The van der Waals surface area contributed by atoms with E-state index in [1.54, 1.807) is 0 Å². The molecule has 3 nitrogen and oxygen atoms in total. The number of benzene rings is 1. The zero-order chi connectivity index (χ0) is 15.0. The molecule has 3 aromatic rings. The number of rotatable bonds is 2. The standard InChI is InChI=1S/C16H13ClFN3/c1-9(2)11-7-14(15-12(18)8-19-16(17)21-15)20-13-6-4-3-5-10(11)13/h3-9H,1-2H3. The maximum Gasteiger partial charge on any atom is 0.223 e. The number of aromatic nitrogens is 3. The summed E-state index contributed by atoms with van der Waals surface area (Å²) >= 11 is 5.77. The summed E-state index contributed by atoms with van der Waals surface area (Å²) in [4.78, 5) is 12.1. The molecule has 106 valence electrons. The van der Waals surface area contributed by atoms with Crippen molar-refractivity contribution in [3.05, 3.63) is 53.2 Å². The van der Waals surface area contributed by atoms with Crippen LogP contribution in [0.5, 0.6) is 0 Å². The topological polar surface area (TPSA) is 38.7 Å². The summed E-state index contributed by atoms with van der Waals surface area (Å²) in [7, 11) is 0. The van der Waals surface area contributed by atoms with Gasteiger partial charge in [-0.3, -0.25) is 0 Å². The molecule has 0 atom stereocenters. The van der Waals surface area contributed by atoms with Gasteiger partial charge in [0.1, 0.15) is 5.69 Å². The van der Waals surface area contributed by atoms with Gasteiger partial charge in [0.05, 0.1) is 17.4 Å². The fourth-order valence-corrected chi connectivity index (χ4v) is 2.46. The van der Waals surface area contributed by atoms with E-state index >= 15 is 0 Å². The second-order valence-electron chi connectivity index (χ2n) is 5.10. The molecule has 0 spiro atoms. The van der Waals surface area contributed by atoms with Crippen molar-refractivity contribution in [2.24, 2.45) is 0 Å². The Morgan fingerprint density at radius 3 is 2.67 bits per heavy atom. The Labute approximate surface area is 126 Å². The van der Waals surface area contributed by atoms with E-state index < -0.39 is 5.82 Å². The lowest BCUT2D eigenvalue weighted by atomic mass is 9.97. The Balaban J connectivity index is 2.31. The van der Waals surface area contributed by atoms with Crippen LogP contribution in [0.2, 0.25) is 5.28 Å². The van der Waals surface area contributed by atoms with Crippen LogP contribution in [0.15, 0.2) is 36.5 Å². The lowest BCUT2D eigenvalue weighted by Crippen LogP contribution is -1.98. The summed E-state index contributed by atoms with van der Waals surface area (Å²) in [6.45, 7) is 4.18. The summed E-state index contributed by atoms with van der Waals surface area (Å²) in [5.41, 5.74) is 2.51. The monoisotopic (exact) mass is 301 g/mol. The minimum atomic E-state index is -0.531. The summed E-state index contributed by atoms with van der Waals surface area (Å²) in [5, 5.41) is 1.07. The molecule has 5 heteroatoms. The zero-order valence-corrected chi connectivity index (χ0v) is 12.4. The molecular weight excluding hydrogens is 289 g/mol. The Morgan fingerprint density at radius 1 is 1.14 bits per heavy atom. The highest BCUT2D eigenvalue weighted by atomic mass is 35.5. The summed E-state index contributed by atoms with van der Waals surface area (Å²) in [6, 6.07) is 9.68. The van der Waals surface area contributed by atoms with E-state index in [1.807, 2.05) is 30.3 Å². The van der Waals surface area contributed by atoms with Crippen LogP contribution >= 0.6 is 11.6 Å². The van der Waals surface area contributed by atoms with E-state index in [2.05, 4.69) is 28.8 Å². The smallest absolute Gasteiger partial charge is 0.223 e. The summed E-state index contributed by atoms with van der Waals surface area (Å²) < 4.78 is 14.0. The molecule has 0 saturated carbocycles. The second kappa shape index (κ2) is 5.37. The third kappa shape index (κ3) is 2.59. The average Bonchev–Trinajstić information content (AvgIpc) is 2.48. The Morgan fingerprint density at radius 2 is 1.90 bits per heavy atom. The van der Waals surface area contributed by atoms with E-state index in [4.69, 9.17) is 11.6 Å². The van der Waals surface area contributed by atoms with Gasteiger partial charge in [0.2, 0.25) is 5.28 Å². The van der Waals surface area contributed by atoms with Crippen molar-refractivity contribution in [2.45, 2.75) is 19.8 Å². The molecule has 2 aromatic heterocycles. The third-order valence-electron chi connectivity index (χ3n) is 3.33. The molecule has 0 N–H and O–H groups in total. The van der Waals surface area contributed by atoms with Gasteiger partial charge in [-0.25, -0.2) is 19.3 Å². The Hall–Kier alpha value is -2.07. The minimum Gasteiger partial charge on any atom is -0.246 e. The average molecular weight is 302 g/mol. The molecule has 0 unspecified atom stereocenters. The van der Waals surface area contributed by atoms with Crippen LogP contribution < -0.4 is 0 Å². The molecule has 0 aliphatic heterocycles. The number of fused-ring (bicyclic) bond motifs is 1. The Bertz CT molecular complexity index is 818. The quantitative estimate of drug-likeness (QED) is 0.649. The number of hydrogen-bond acceptors (Lipinski definition) is 3. The number of hydrogen-bond donors (Lipinski definition) is 0. The zero-order valence-electron chi connectivity index (χ0n) is 11.6. The van der Waals surface area contributed by atoms with Crippen molar-refractivity contribution >= 4 is 22.5 Å². The maximum atomic E-state index is 14.0. The van der Waals surface area contributed by atoms with E-state index in [0.29, 0.717) is 5.69 Å². The summed E-state index contributed by atoms with van der Waals surface area (Å²) in [6.07, 6.45) is 1.07. The molecule has 0 aliphatic rings. The van der Waals surface area contributed by atoms with Gasteiger partial charge in [-0.2, -0.15) is 0 Å². The molecule has 0 fully saturated rings. The number of para-hydroxylation sites is 1. The molecule has 3 rings (SSSR count). The third-order valence-corrected chi connectivity index (χ3v) is 3.51. The Kier molecular flexibility index (Phi) is 3.55. The van der Waals surface area contributed by atoms with Crippen LogP contribution in [0.4, 0.5) is 4.39 Å². The fourth-order valence-electron chi connectivity index (χ4n) is 2.33. The van der Waals surface area contributed by atoms with Gasteiger partial charge >= 0.3 is 0 Å². The summed E-state index contributed by atoms with van der Waals surface area (Å²) in [5.74, 6) is -0.242. The van der Waals surface area contributed by atoms with Crippen LogP contribution in [-0.4, -0.2) is 15.0 Å². The van der Waals surface area contributed by atoms with Crippen LogP contribution in [0.3, 0.4) is 0 Å². The molecule has 1 aromatic carbocycles. The molecule has 0 aliphatic carbocycles. The first-order valence-corrected chi connectivity index (χ1v) is 7.02. The largest absolute Gasteiger partial charge is 0.246 e. The highest BCUT2D eigenvalue weighted by molar-refractivity contribution is 6.28. The van der Waals surface area contributed by atoms with Crippen molar-refractivity contribution < 1.29 is 4.39 Å². The lowest BCUT2D eigenvalue weighted by molar-refractivity contribution is 0.617. The van der Waals surface area contributed by atoms with Crippen molar-refractivity contribution in [1.82, 2.24) is 15.0 Å². The molecule has 0 bridgehead atoms. The first-order chi connectivity index (χ1) is 10.1. The van der Waals surface area contributed by atoms with Gasteiger partial charge in [0.25, 0.3) is 0 Å². The van der Waals surface area contributed by atoms with E-state index in [9.17, 15) is 4.39 Å². The van der Waals surface area contributed by atoms with Gasteiger partial charge in [-0.05, 0) is 35.2 Å². The highest BCUT2D eigenvalue weighted by Gasteiger charge is 2.14. The van der Waals surface area contributed by atoms with Crippen LogP contribution in [-0.2, 0) is 0 Å². The normalized spacial score (nSPS) is 11.3. The van der Waals surface area contributed by atoms with E-state index in [1.165, 1.54) is 0 Å². The molecule has 0 saturated heterocycles. The predicted molar refractivity (Wildman–Crippen MR) is 81.8 cm³/mol. The van der Waals surface area contributed by atoms with Crippen LogP contribution in [0.25, 0.3) is 22.3 Å². The van der Waals surface area contributed by atoms with Crippen LogP contribution in [0.1, 0.15) is 25.3 Å². The highest BCUT2D eigenvalue weighted by Crippen LogP contribution is 2.29. The number of pyridine rings is 1. The molecule has 2 heterocycles. The van der Waals surface area contributed by atoms with Crippen LogP contribution in [0, 0.1) is 5.82 Å². The van der Waals surface area contributed by atoms with Crippen molar-refractivity contribution in [3.63, 3.8) is 0 Å². The van der Waals surface area contributed by atoms with Crippen molar-refractivity contribution in [1.29, 1.82) is 0 Å².